The summed E-state index contributed by atoms with van der Waals surface area (Å²) in [6.45, 7) is 1.88. The molecule has 1 N–H and O–H groups in total. The predicted molar refractivity (Wildman–Crippen MR) is 85.1 cm³/mol. The molecule has 1 aromatic carbocycles. The number of carbonyl (C=O) groups excluding carboxylic acids is 1. The van der Waals surface area contributed by atoms with Gasteiger partial charge >= 0.3 is 0 Å². The van der Waals surface area contributed by atoms with Crippen molar-refractivity contribution in [2.75, 3.05) is 13.2 Å². The fourth-order valence-electron chi connectivity index (χ4n) is 1.67. The van der Waals surface area contributed by atoms with Gasteiger partial charge in [0.15, 0.2) is 0 Å². The summed E-state index contributed by atoms with van der Waals surface area (Å²) in [5.41, 5.74) is 1.87. The van der Waals surface area contributed by atoms with E-state index < -0.39 is 0 Å². The molecule has 0 bridgehead atoms. The zero-order valence-corrected chi connectivity index (χ0v) is 13.4. The molecule has 5 heteroatoms. The van der Waals surface area contributed by atoms with Crippen molar-refractivity contribution in [1.29, 1.82) is 0 Å². The van der Waals surface area contributed by atoms with Crippen molar-refractivity contribution in [3.8, 4) is 0 Å². The van der Waals surface area contributed by atoms with Gasteiger partial charge in [-0.2, -0.15) is 0 Å². The largest absolute Gasteiger partial charge is 0.377 e. The third kappa shape index (κ3) is 5.07. The Bertz CT molecular complexity index is 542. The first kappa shape index (κ1) is 15.2. The minimum atomic E-state index is -0.0324. The van der Waals surface area contributed by atoms with Gasteiger partial charge in [-0.15, -0.1) is 11.3 Å². The Morgan fingerprint density at radius 2 is 2.10 bits per heavy atom. The summed E-state index contributed by atoms with van der Waals surface area (Å²) in [5, 5.41) is 4.72. The van der Waals surface area contributed by atoms with E-state index in [0.717, 1.165) is 10.2 Å². The van der Waals surface area contributed by atoms with E-state index in [1.54, 1.807) is 0 Å². The molecule has 0 saturated heterocycles. The molecule has 0 aliphatic carbocycles. The summed E-state index contributed by atoms with van der Waals surface area (Å²) < 4.78 is 6.52. The Hall–Kier alpha value is -1.17. The summed E-state index contributed by atoms with van der Waals surface area (Å²) in [7, 11) is 0. The first-order valence-electron chi connectivity index (χ1n) is 6.39. The topological polar surface area (TPSA) is 38.3 Å². The first-order chi connectivity index (χ1) is 9.75. The van der Waals surface area contributed by atoms with Gasteiger partial charge in [-0.1, -0.05) is 30.3 Å². The van der Waals surface area contributed by atoms with Crippen molar-refractivity contribution in [3.63, 3.8) is 0 Å². The molecule has 106 valence electrons. The van der Waals surface area contributed by atoms with Crippen LogP contribution >= 0.6 is 27.3 Å². The van der Waals surface area contributed by atoms with Gasteiger partial charge in [0.25, 0.3) is 5.91 Å². The Balaban J connectivity index is 1.57. The van der Waals surface area contributed by atoms with Crippen LogP contribution < -0.4 is 5.32 Å². The third-order valence-corrected chi connectivity index (χ3v) is 4.20. The summed E-state index contributed by atoms with van der Waals surface area (Å²) >= 11 is 4.85. The van der Waals surface area contributed by atoms with Crippen LogP contribution in [0.1, 0.15) is 22.3 Å². The Kier molecular flexibility index (Phi) is 6.24. The number of hydrogen-bond acceptors (Lipinski definition) is 3. The average Bonchev–Trinajstić information content (AvgIpc) is 2.90. The molecular formula is C15H16BrNO2S. The summed E-state index contributed by atoms with van der Waals surface area (Å²) in [6.07, 6.45) is 0.809. The van der Waals surface area contributed by atoms with Crippen molar-refractivity contribution in [2.45, 2.75) is 13.0 Å². The molecule has 0 unspecified atom stereocenters. The van der Waals surface area contributed by atoms with Crippen molar-refractivity contribution in [3.05, 3.63) is 56.7 Å². The number of benzene rings is 1. The maximum atomic E-state index is 11.7. The van der Waals surface area contributed by atoms with Crippen molar-refractivity contribution < 1.29 is 9.53 Å². The van der Waals surface area contributed by atoms with Gasteiger partial charge in [0, 0.05) is 18.5 Å². The van der Waals surface area contributed by atoms with Crippen LogP contribution in [-0.4, -0.2) is 19.1 Å². The van der Waals surface area contributed by atoms with Gasteiger partial charge in [-0.05, 0) is 34.0 Å². The molecule has 0 atom stereocenters. The van der Waals surface area contributed by atoms with E-state index in [1.165, 1.54) is 16.9 Å². The van der Waals surface area contributed by atoms with Crippen LogP contribution in [0.5, 0.6) is 0 Å². The van der Waals surface area contributed by atoms with E-state index in [1.807, 2.05) is 41.8 Å². The summed E-state index contributed by atoms with van der Waals surface area (Å²) in [6, 6.07) is 11.9. The molecule has 0 aliphatic rings. The van der Waals surface area contributed by atoms with Crippen molar-refractivity contribution >= 4 is 33.2 Å². The molecule has 0 saturated carbocycles. The first-order valence-corrected chi connectivity index (χ1v) is 8.07. The quantitative estimate of drug-likeness (QED) is 0.767. The Morgan fingerprint density at radius 1 is 1.30 bits per heavy atom. The molecule has 20 heavy (non-hydrogen) atoms. The molecule has 3 nitrogen and oxygen atoms in total. The van der Waals surface area contributed by atoms with E-state index >= 15 is 0 Å². The predicted octanol–water partition coefficient (Wildman–Crippen LogP) is 3.85. The third-order valence-electron chi connectivity index (χ3n) is 2.69. The molecular weight excluding hydrogens is 338 g/mol. The average molecular weight is 354 g/mol. The fourth-order valence-corrected chi connectivity index (χ4v) is 2.81. The van der Waals surface area contributed by atoms with Crippen LogP contribution in [0, 0.1) is 0 Å². The van der Waals surface area contributed by atoms with Gasteiger partial charge in [0.1, 0.15) is 0 Å². The number of nitrogens with one attached hydrogen (secondary N) is 1. The minimum Gasteiger partial charge on any atom is -0.377 e. The second kappa shape index (κ2) is 8.19. The zero-order valence-electron chi connectivity index (χ0n) is 11.0. The lowest BCUT2D eigenvalue weighted by atomic mass is 10.2. The lowest BCUT2D eigenvalue weighted by Gasteiger charge is -2.05. The SMILES string of the molecule is O=C(NCCCOCc1ccccc1)c1csc(Br)c1. The molecule has 0 radical (unpaired) electrons. The number of amides is 1. The molecule has 0 aliphatic heterocycles. The van der Waals surface area contributed by atoms with Gasteiger partial charge < -0.3 is 10.1 Å². The zero-order chi connectivity index (χ0) is 14.2. The number of halogens is 1. The van der Waals surface area contributed by atoms with Crippen LogP contribution in [0.2, 0.25) is 0 Å². The number of thiophene rings is 1. The minimum absolute atomic E-state index is 0.0324. The van der Waals surface area contributed by atoms with Crippen LogP contribution in [-0.2, 0) is 11.3 Å². The molecule has 1 aromatic heterocycles. The number of hydrogen-bond donors (Lipinski definition) is 1. The van der Waals surface area contributed by atoms with E-state index in [9.17, 15) is 4.79 Å². The van der Waals surface area contributed by atoms with Gasteiger partial charge in [0.2, 0.25) is 0 Å². The van der Waals surface area contributed by atoms with Gasteiger partial charge in [0.05, 0.1) is 16.0 Å². The van der Waals surface area contributed by atoms with Crippen LogP contribution in [0.4, 0.5) is 0 Å². The van der Waals surface area contributed by atoms with E-state index in [0.29, 0.717) is 25.3 Å². The monoisotopic (exact) mass is 353 g/mol. The van der Waals surface area contributed by atoms with Crippen molar-refractivity contribution in [1.82, 2.24) is 5.32 Å². The molecule has 1 amide bonds. The highest BCUT2D eigenvalue weighted by atomic mass is 79.9. The maximum Gasteiger partial charge on any atom is 0.252 e. The molecule has 0 spiro atoms. The van der Waals surface area contributed by atoms with E-state index in [2.05, 4.69) is 21.2 Å². The smallest absolute Gasteiger partial charge is 0.252 e. The Morgan fingerprint density at radius 3 is 2.80 bits per heavy atom. The maximum absolute atomic E-state index is 11.7. The number of carbonyl (C=O) groups is 1. The molecule has 2 rings (SSSR count). The van der Waals surface area contributed by atoms with Crippen LogP contribution in [0.25, 0.3) is 0 Å². The van der Waals surface area contributed by atoms with E-state index in [-0.39, 0.29) is 5.91 Å². The highest BCUT2D eigenvalue weighted by Crippen LogP contribution is 2.20. The van der Waals surface area contributed by atoms with Crippen LogP contribution in [0.3, 0.4) is 0 Å². The van der Waals surface area contributed by atoms with E-state index in [4.69, 9.17) is 4.74 Å². The highest BCUT2D eigenvalue weighted by Gasteiger charge is 2.06. The lowest BCUT2D eigenvalue weighted by molar-refractivity contribution is 0.0935. The molecule has 2 aromatic rings. The second-order valence-corrected chi connectivity index (χ2v) is 6.58. The fraction of sp³-hybridized carbons (Fsp3) is 0.267. The lowest BCUT2D eigenvalue weighted by Crippen LogP contribution is -2.24. The standard InChI is InChI=1S/C15H16BrNO2S/c16-14-9-13(11-20-14)15(18)17-7-4-8-19-10-12-5-2-1-3-6-12/h1-3,5-6,9,11H,4,7-8,10H2,(H,17,18). The summed E-state index contributed by atoms with van der Waals surface area (Å²) in [4.78, 5) is 11.7. The van der Waals surface area contributed by atoms with Gasteiger partial charge in [-0.25, -0.2) is 0 Å². The van der Waals surface area contributed by atoms with Gasteiger partial charge in [-0.3, -0.25) is 4.79 Å². The molecule has 1 heterocycles. The normalized spacial score (nSPS) is 10.4. The number of ether oxygens (including phenoxy) is 1. The summed E-state index contributed by atoms with van der Waals surface area (Å²) in [5.74, 6) is -0.0324. The second-order valence-electron chi connectivity index (χ2n) is 4.29. The highest BCUT2D eigenvalue weighted by molar-refractivity contribution is 9.11. The van der Waals surface area contributed by atoms with Crippen LogP contribution in [0.15, 0.2) is 45.6 Å². The molecule has 0 fully saturated rings. The number of rotatable bonds is 7. The Labute approximate surface area is 131 Å². The van der Waals surface area contributed by atoms with Crippen molar-refractivity contribution in [2.24, 2.45) is 0 Å².